The standard InChI is InChI=1S/C8H9F2NO3S/c9-8(10)5-11-15(13,14)7-3-1-6(12)2-4-7/h1-4,8,11-12H,5H2. The molecule has 0 saturated carbocycles. The normalized spacial score (nSPS) is 11.9. The molecule has 0 saturated heterocycles. The first-order valence-electron chi connectivity index (χ1n) is 3.98. The molecule has 84 valence electrons. The second-order valence-electron chi connectivity index (χ2n) is 2.74. The van der Waals surface area contributed by atoms with Gasteiger partial charge in [-0.2, -0.15) is 0 Å². The third-order valence-electron chi connectivity index (χ3n) is 1.57. The number of sulfonamides is 1. The van der Waals surface area contributed by atoms with Gasteiger partial charge in [0, 0.05) is 0 Å². The maximum Gasteiger partial charge on any atom is 0.251 e. The van der Waals surface area contributed by atoms with Gasteiger partial charge in [0.2, 0.25) is 10.0 Å². The molecule has 0 bridgehead atoms. The second-order valence-corrected chi connectivity index (χ2v) is 4.50. The molecule has 4 nitrogen and oxygen atoms in total. The van der Waals surface area contributed by atoms with Gasteiger partial charge in [-0.25, -0.2) is 21.9 Å². The van der Waals surface area contributed by atoms with Crippen molar-refractivity contribution in [1.82, 2.24) is 4.72 Å². The SMILES string of the molecule is O=S(=O)(NCC(F)F)c1ccc(O)cc1. The average molecular weight is 237 g/mol. The number of aromatic hydroxyl groups is 1. The highest BCUT2D eigenvalue weighted by Gasteiger charge is 2.15. The maximum atomic E-state index is 11.8. The fourth-order valence-electron chi connectivity index (χ4n) is 0.881. The second kappa shape index (κ2) is 4.54. The Bertz CT molecular complexity index is 416. The van der Waals surface area contributed by atoms with Crippen LogP contribution >= 0.6 is 0 Å². The van der Waals surface area contributed by atoms with Crippen LogP contribution in [0.2, 0.25) is 0 Å². The minimum atomic E-state index is -3.91. The lowest BCUT2D eigenvalue weighted by Gasteiger charge is -2.05. The average Bonchev–Trinajstić information content (AvgIpc) is 2.16. The van der Waals surface area contributed by atoms with E-state index in [1.54, 1.807) is 4.72 Å². The summed E-state index contributed by atoms with van der Waals surface area (Å²) in [5.74, 6) is -0.0946. The molecule has 0 spiro atoms. The molecule has 0 aliphatic heterocycles. The zero-order chi connectivity index (χ0) is 11.5. The van der Waals surface area contributed by atoms with Gasteiger partial charge in [0.05, 0.1) is 11.4 Å². The minimum Gasteiger partial charge on any atom is -0.508 e. The lowest BCUT2D eigenvalue weighted by Crippen LogP contribution is -2.28. The number of nitrogens with one attached hydrogen (secondary N) is 1. The van der Waals surface area contributed by atoms with Crippen LogP contribution in [0.4, 0.5) is 8.78 Å². The third kappa shape index (κ3) is 3.45. The van der Waals surface area contributed by atoms with Gasteiger partial charge in [-0.3, -0.25) is 0 Å². The molecule has 0 aromatic heterocycles. The summed E-state index contributed by atoms with van der Waals surface area (Å²) in [4.78, 5) is -0.166. The number of hydrogen-bond acceptors (Lipinski definition) is 3. The molecular formula is C8H9F2NO3S. The number of phenols is 1. The van der Waals surface area contributed by atoms with Gasteiger partial charge in [0.15, 0.2) is 0 Å². The van der Waals surface area contributed by atoms with Crippen molar-refractivity contribution in [2.24, 2.45) is 0 Å². The molecule has 15 heavy (non-hydrogen) atoms. The number of phenolic OH excluding ortho intramolecular Hbond substituents is 1. The van der Waals surface area contributed by atoms with E-state index in [1.165, 1.54) is 0 Å². The van der Waals surface area contributed by atoms with Crippen LogP contribution in [0.25, 0.3) is 0 Å². The quantitative estimate of drug-likeness (QED) is 0.818. The zero-order valence-corrected chi connectivity index (χ0v) is 8.34. The minimum absolute atomic E-state index is 0.0946. The van der Waals surface area contributed by atoms with Gasteiger partial charge in [0.1, 0.15) is 5.75 Å². The number of benzene rings is 1. The largest absolute Gasteiger partial charge is 0.508 e. The number of halogens is 2. The molecular weight excluding hydrogens is 228 g/mol. The third-order valence-corrected chi connectivity index (χ3v) is 3.01. The summed E-state index contributed by atoms with van der Waals surface area (Å²) in [5, 5.41) is 8.91. The molecule has 0 atom stereocenters. The summed E-state index contributed by atoms with van der Waals surface area (Å²) in [6.07, 6.45) is -2.74. The predicted molar refractivity (Wildman–Crippen MR) is 49.3 cm³/mol. The molecule has 0 fully saturated rings. The van der Waals surface area contributed by atoms with Gasteiger partial charge >= 0.3 is 0 Å². The first-order valence-corrected chi connectivity index (χ1v) is 5.47. The Morgan fingerprint density at radius 1 is 1.27 bits per heavy atom. The summed E-state index contributed by atoms with van der Waals surface area (Å²) in [7, 11) is -3.91. The van der Waals surface area contributed by atoms with E-state index in [0.29, 0.717) is 0 Å². The Kier molecular flexibility index (Phi) is 3.59. The smallest absolute Gasteiger partial charge is 0.251 e. The van der Waals surface area contributed by atoms with Crippen molar-refractivity contribution in [3.63, 3.8) is 0 Å². The van der Waals surface area contributed by atoms with E-state index in [9.17, 15) is 17.2 Å². The van der Waals surface area contributed by atoms with Crippen molar-refractivity contribution in [2.75, 3.05) is 6.54 Å². The first-order chi connectivity index (χ1) is 6.92. The summed E-state index contributed by atoms with van der Waals surface area (Å²) in [5.41, 5.74) is 0. The van der Waals surface area contributed by atoms with E-state index >= 15 is 0 Å². The monoisotopic (exact) mass is 237 g/mol. The molecule has 1 rings (SSSR count). The van der Waals surface area contributed by atoms with Gasteiger partial charge in [-0.1, -0.05) is 0 Å². The van der Waals surface area contributed by atoms with E-state index in [-0.39, 0.29) is 10.6 Å². The van der Waals surface area contributed by atoms with E-state index in [2.05, 4.69) is 0 Å². The molecule has 0 unspecified atom stereocenters. The topological polar surface area (TPSA) is 66.4 Å². The highest BCUT2D eigenvalue weighted by atomic mass is 32.2. The Balaban J connectivity index is 2.82. The maximum absolute atomic E-state index is 11.8. The van der Waals surface area contributed by atoms with Crippen molar-refractivity contribution in [3.8, 4) is 5.75 Å². The van der Waals surface area contributed by atoms with Crippen molar-refractivity contribution >= 4 is 10.0 Å². The molecule has 0 amide bonds. The summed E-state index contributed by atoms with van der Waals surface area (Å²) in [6, 6.07) is 4.58. The molecule has 2 N–H and O–H groups in total. The highest BCUT2D eigenvalue weighted by molar-refractivity contribution is 7.89. The molecule has 1 aromatic carbocycles. The molecule has 0 radical (unpaired) electrons. The van der Waals surface area contributed by atoms with Crippen molar-refractivity contribution in [1.29, 1.82) is 0 Å². The molecule has 7 heteroatoms. The summed E-state index contributed by atoms with van der Waals surface area (Å²) < 4.78 is 47.9. The number of rotatable bonds is 4. The van der Waals surface area contributed by atoms with Crippen LogP contribution in [0.1, 0.15) is 0 Å². The molecule has 1 aromatic rings. The molecule has 0 aliphatic rings. The van der Waals surface area contributed by atoms with Crippen LogP contribution in [0.5, 0.6) is 5.75 Å². The van der Waals surface area contributed by atoms with E-state index in [1.807, 2.05) is 0 Å². The Labute approximate surface area is 85.6 Å². The lowest BCUT2D eigenvalue weighted by atomic mass is 10.3. The number of alkyl halides is 2. The van der Waals surface area contributed by atoms with Crippen LogP contribution in [0.3, 0.4) is 0 Å². The van der Waals surface area contributed by atoms with Gasteiger partial charge in [-0.05, 0) is 24.3 Å². The Morgan fingerprint density at radius 2 is 1.80 bits per heavy atom. The van der Waals surface area contributed by atoms with Crippen LogP contribution in [0, 0.1) is 0 Å². The molecule has 0 aliphatic carbocycles. The Morgan fingerprint density at radius 3 is 2.27 bits per heavy atom. The molecule has 0 heterocycles. The van der Waals surface area contributed by atoms with E-state index in [4.69, 9.17) is 5.11 Å². The lowest BCUT2D eigenvalue weighted by molar-refractivity contribution is 0.153. The van der Waals surface area contributed by atoms with Crippen molar-refractivity contribution in [2.45, 2.75) is 11.3 Å². The van der Waals surface area contributed by atoms with Crippen LogP contribution in [-0.2, 0) is 10.0 Å². The fourth-order valence-corrected chi connectivity index (χ4v) is 1.89. The number of hydrogen-bond donors (Lipinski definition) is 2. The van der Waals surface area contributed by atoms with Gasteiger partial charge in [0.25, 0.3) is 6.43 Å². The van der Waals surface area contributed by atoms with E-state index in [0.717, 1.165) is 24.3 Å². The Hall–Kier alpha value is -1.21. The fraction of sp³-hybridized carbons (Fsp3) is 0.250. The van der Waals surface area contributed by atoms with Gasteiger partial charge in [-0.15, -0.1) is 0 Å². The zero-order valence-electron chi connectivity index (χ0n) is 7.52. The first kappa shape index (κ1) is 11.9. The van der Waals surface area contributed by atoms with E-state index < -0.39 is 23.0 Å². The van der Waals surface area contributed by atoms with Gasteiger partial charge < -0.3 is 5.11 Å². The van der Waals surface area contributed by atoms with Crippen LogP contribution in [-0.4, -0.2) is 26.5 Å². The highest BCUT2D eigenvalue weighted by Crippen LogP contribution is 2.14. The van der Waals surface area contributed by atoms with Crippen LogP contribution in [0.15, 0.2) is 29.2 Å². The predicted octanol–water partition coefficient (Wildman–Crippen LogP) is 0.936. The van der Waals surface area contributed by atoms with Crippen LogP contribution < -0.4 is 4.72 Å². The summed E-state index contributed by atoms with van der Waals surface area (Å²) >= 11 is 0. The summed E-state index contributed by atoms with van der Waals surface area (Å²) in [6.45, 7) is -0.927. The van der Waals surface area contributed by atoms with Crippen molar-refractivity contribution < 1.29 is 22.3 Å². The van der Waals surface area contributed by atoms with Crippen molar-refractivity contribution in [3.05, 3.63) is 24.3 Å².